The summed E-state index contributed by atoms with van der Waals surface area (Å²) in [5, 5.41) is 17.6. The van der Waals surface area contributed by atoms with E-state index < -0.39 is 15.4 Å². The monoisotopic (exact) mass is 343 g/mol. The van der Waals surface area contributed by atoms with Gasteiger partial charge in [0.25, 0.3) is 0 Å². The molecule has 130 valence electrons. The Labute approximate surface area is 136 Å². The van der Waals surface area contributed by atoms with Crippen LogP contribution in [0.3, 0.4) is 0 Å². The van der Waals surface area contributed by atoms with Crippen LogP contribution in [0.2, 0.25) is 0 Å². The molecule has 2 heterocycles. The average Bonchev–Trinajstić information content (AvgIpc) is 2.97. The average molecular weight is 343 g/mol. The van der Waals surface area contributed by atoms with Gasteiger partial charge in [0.1, 0.15) is 4.90 Å². The molecule has 0 amide bonds. The molecule has 1 aromatic rings. The zero-order chi connectivity index (χ0) is 16.5. The predicted octanol–water partition coefficient (Wildman–Crippen LogP) is 0.882. The first-order valence-electron chi connectivity index (χ1n) is 8.17. The van der Waals surface area contributed by atoms with E-state index in [4.69, 9.17) is 4.74 Å². The molecule has 0 spiro atoms. The summed E-state index contributed by atoms with van der Waals surface area (Å²) in [5.74, 6) is 0. The number of aliphatic hydroxyl groups is 1. The number of nitrogens with one attached hydrogen (secondary N) is 1. The van der Waals surface area contributed by atoms with Crippen molar-refractivity contribution in [3.8, 4) is 0 Å². The van der Waals surface area contributed by atoms with Gasteiger partial charge in [-0.1, -0.05) is 19.3 Å². The third-order valence-electron chi connectivity index (χ3n) is 4.89. The van der Waals surface area contributed by atoms with Crippen LogP contribution in [0, 0.1) is 0 Å². The van der Waals surface area contributed by atoms with Crippen molar-refractivity contribution in [3.05, 3.63) is 11.9 Å². The summed E-state index contributed by atoms with van der Waals surface area (Å²) in [6, 6.07) is -0.220. The summed E-state index contributed by atoms with van der Waals surface area (Å²) in [7, 11) is -3.35. The van der Waals surface area contributed by atoms with E-state index in [1.54, 1.807) is 0 Å². The van der Waals surface area contributed by atoms with Crippen LogP contribution in [-0.4, -0.2) is 66.8 Å². The lowest BCUT2D eigenvalue weighted by Gasteiger charge is -2.42. The maximum Gasteiger partial charge on any atom is 0.178 e. The zero-order valence-corrected chi connectivity index (χ0v) is 14.3. The normalized spacial score (nSPS) is 26.3. The number of β-amino-alcohol motifs (C(OH)–C–C–N with tert-alkyl or cyclic N) is 1. The molecule has 23 heavy (non-hydrogen) atoms. The number of ether oxygens (including phenoxy) is 1. The molecule has 3 rings (SSSR count). The second-order valence-electron chi connectivity index (χ2n) is 6.77. The number of morpholine rings is 1. The van der Waals surface area contributed by atoms with Gasteiger partial charge in [0.2, 0.25) is 0 Å². The van der Waals surface area contributed by atoms with Gasteiger partial charge in [0.05, 0.1) is 36.7 Å². The summed E-state index contributed by atoms with van der Waals surface area (Å²) in [6.45, 7) is 2.22. The van der Waals surface area contributed by atoms with Crippen molar-refractivity contribution in [1.82, 2.24) is 15.1 Å². The molecule has 0 bridgehead atoms. The fourth-order valence-electron chi connectivity index (χ4n) is 3.66. The van der Waals surface area contributed by atoms with Crippen LogP contribution < -0.4 is 0 Å². The molecule has 1 saturated carbocycles. The topological polar surface area (TPSA) is 95.5 Å². The van der Waals surface area contributed by atoms with Crippen molar-refractivity contribution in [2.75, 3.05) is 32.6 Å². The highest BCUT2D eigenvalue weighted by molar-refractivity contribution is 7.90. The first kappa shape index (κ1) is 16.9. The third kappa shape index (κ3) is 3.76. The van der Waals surface area contributed by atoms with Gasteiger partial charge < -0.3 is 9.84 Å². The van der Waals surface area contributed by atoms with Crippen LogP contribution in [0.4, 0.5) is 0 Å². The van der Waals surface area contributed by atoms with Gasteiger partial charge in [-0.15, -0.1) is 0 Å². The lowest BCUT2D eigenvalue weighted by molar-refractivity contribution is -0.0758. The Balaban J connectivity index is 1.83. The Hall–Kier alpha value is -0.960. The van der Waals surface area contributed by atoms with Crippen molar-refractivity contribution in [2.45, 2.75) is 48.6 Å². The van der Waals surface area contributed by atoms with E-state index >= 15 is 0 Å². The second kappa shape index (κ2) is 6.51. The quantitative estimate of drug-likeness (QED) is 0.843. The van der Waals surface area contributed by atoms with Crippen LogP contribution in [0.1, 0.15) is 43.8 Å². The van der Waals surface area contributed by atoms with Crippen molar-refractivity contribution >= 4 is 9.84 Å². The number of hydrogen-bond donors (Lipinski definition) is 2. The van der Waals surface area contributed by atoms with Gasteiger partial charge in [-0.2, -0.15) is 5.10 Å². The smallest absolute Gasteiger partial charge is 0.178 e. The largest absolute Gasteiger partial charge is 0.389 e. The van der Waals surface area contributed by atoms with Crippen LogP contribution in [-0.2, 0) is 14.6 Å². The first-order valence-corrected chi connectivity index (χ1v) is 10.1. The number of sulfone groups is 1. The Bertz CT molecular complexity index is 637. The second-order valence-corrected chi connectivity index (χ2v) is 8.75. The summed E-state index contributed by atoms with van der Waals surface area (Å²) >= 11 is 0. The number of hydrogen-bond acceptors (Lipinski definition) is 6. The van der Waals surface area contributed by atoms with Crippen molar-refractivity contribution in [3.63, 3.8) is 0 Å². The molecule has 8 heteroatoms. The van der Waals surface area contributed by atoms with Crippen molar-refractivity contribution in [1.29, 1.82) is 0 Å². The molecule has 0 radical (unpaired) electrons. The van der Waals surface area contributed by atoms with E-state index in [-0.39, 0.29) is 10.9 Å². The van der Waals surface area contributed by atoms with E-state index in [2.05, 4.69) is 15.1 Å². The molecular formula is C15H25N3O4S. The minimum atomic E-state index is -3.35. The maximum atomic E-state index is 11.9. The van der Waals surface area contributed by atoms with E-state index in [1.165, 1.54) is 18.9 Å². The van der Waals surface area contributed by atoms with Crippen LogP contribution in [0.15, 0.2) is 11.1 Å². The molecule has 2 aliphatic rings. The van der Waals surface area contributed by atoms with Gasteiger partial charge >= 0.3 is 0 Å². The Morgan fingerprint density at radius 2 is 2.17 bits per heavy atom. The van der Waals surface area contributed by atoms with Crippen LogP contribution in [0.25, 0.3) is 0 Å². The standard InChI is InChI=1S/C15H25N3O4S/c1-23(20,21)13-9-16-17-14(13)12-10-22-8-7-18(12)11-15(19)5-3-2-4-6-15/h9,12,19H,2-8,10-11H2,1H3,(H,16,17)/t12-/m0/s1. The molecule has 1 saturated heterocycles. The van der Waals surface area contributed by atoms with E-state index in [9.17, 15) is 13.5 Å². The number of rotatable bonds is 4. The highest BCUT2D eigenvalue weighted by atomic mass is 32.2. The zero-order valence-electron chi connectivity index (χ0n) is 13.5. The van der Waals surface area contributed by atoms with Crippen molar-refractivity contribution < 1.29 is 18.3 Å². The van der Waals surface area contributed by atoms with Gasteiger partial charge in [-0.3, -0.25) is 10.00 Å². The van der Waals surface area contributed by atoms with Crippen LogP contribution >= 0.6 is 0 Å². The highest BCUT2D eigenvalue weighted by Gasteiger charge is 2.37. The lowest BCUT2D eigenvalue weighted by Crippen LogP contribution is -2.50. The first-order chi connectivity index (χ1) is 10.9. The molecule has 1 atom stereocenters. The summed E-state index contributed by atoms with van der Waals surface area (Å²) in [5.41, 5.74) is -0.120. The third-order valence-corrected chi connectivity index (χ3v) is 6.01. The molecule has 0 unspecified atom stereocenters. The highest BCUT2D eigenvalue weighted by Crippen LogP contribution is 2.33. The number of H-pyrrole nitrogens is 1. The fraction of sp³-hybridized carbons (Fsp3) is 0.800. The molecular weight excluding hydrogens is 318 g/mol. The van der Waals surface area contributed by atoms with Crippen molar-refractivity contribution in [2.24, 2.45) is 0 Å². The maximum absolute atomic E-state index is 11.9. The fourth-order valence-corrected chi connectivity index (χ4v) is 4.48. The molecule has 1 aromatic heterocycles. The van der Waals surface area contributed by atoms with Gasteiger partial charge in [-0.05, 0) is 12.8 Å². The predicted molar refractivity (Wildman–Crippen MR) is 84.9 cm³/mol. The molecule has 1 aliphatic heterocycles. The number of aromatic amines is 1. The minimum absolute atomic E-state index is 0.216. The van der Waals surface area contributed by atoms with Gasteiger partial charge in [0.15, 0.2) is 9.84 Å². The molecule has 7 nitrogen and oxygen atoms in total. The summed E-state index contributed by atoms with van der Waals surface area (Å²) in [4.78, 5) is 2.35. The summed E-state index contributed by atoms with van der Waals surface area (Å²) < 4.78 is 29.5. The van der Waals surface area contributed by atoms with E-state index in [0.717, 1.165) is 25.7 Å². The Morgan fingerprint density at radius 3 is 2.87 bits per heavy atom. The van der Waals surface area contributed by atoms with E-state index in [1.807, 2.05) is 0 Å². The SMILES string of the molecule is CS(=O)(=O)c1cn[nH]c1[C@@H]1COCCN1CC1(O)CCCCC1. The Kier molecular flexibility index (Phi) is 4.78. The molecule has 2 N–H and O–H groups in total. The molecule has 0 aromatic carbocycles. The lowest BCUT2D eigenvalue weighted by atomic mass is 9.84. The Morgan fingerprint density at radius 1 is 1.43 bits per heavy atom. The summed E-state index contributed by atoms with van der Waals surface area (Å²) in [6.07, 6.45) is 7.41. The molecule has 1 aliphatic carbocycles. The number of aromatic nitrogens is 2. The minimum Gasteiger partial charge on any atom is -0.389 e. The van der Waals surface area contributed by atoms with Crippen LogP contribution in [0.5, 0.6) is 0 Å². The number of nitrogens with zero attached hydrogens (tertiary/aromatic N) is 2. The van der Waals surface area contributed by atoms with Gasteiger partial charge in [0, 0.05) is 19.3 Å². The molecule has 2 fully saturated rings. The van der Waals surface area contributed by atoms with Gasteiger partial charge in [-0.25, -0.2) is 8.42 Å². The van der Waals surface area contributed by atoms with E-state index in [0.29, 0.717) is 32.0 Å².